The minimum absolute atomic E-state index is 0.501. The maximum atomic E-state index is 11.2. The smallest absolute Gasteiger partial charge is 0.0911 e. The van der Waals surface area contributed by atoms with Crippen molar-refractivity contribution in [1.82, 2.24) is 4.90 Å². The summed E-state index contributed by atoms with van der Waals surface area (Å²) in [7, 11) is 0. The Hall–Kier alpha value is -0.860. The maximum Gasteiger partial charge on any atom is 0.0911 e. The minimum Gasteiger partial charge on any atom is -0.385 e. The summed E-state index contributed by atoms with van der Waals surface area (Å²) < 4.78 is 0. The summed E-state index contributed by atoms with van der Waals surface area (Å²) in [6.45, 7) is 7.79. The SMILES string of the molecule is CC(C)CC(O)(CCN1CCCCC1)c1ccccc1. The standard InChI is InChI=1S/C18H29NO/c1-16(2)15-18(20,17-9-5-3-6-10-17)11-14-19-12-7-4-8-13-19/h3,5-6,9-10,16,20H,4,7-8,11-15H2,1-2H3. The molecule has 1 N–H and O–H groups in total. The lowest BCUT2D eigenvalue weighted by Crippen LogP contribution is -2.36. The maximum absolute atomic E-state index is 11.2. The highest BCUT2D eigenvalue weighted by Gasteiger charge is 2.30. The van der Waals surface area contributed by atoms with Crippen molar-refractivity contribution in [3.05, 3.63) is 35.9 Å². The van der Waals surface area contributed by atoms with Gasteiger partial charge in [-0.25, -0.2) is 0 Å². The third kappa shape index (κ3) is 4.32. The Bertz CT molecular complexity index is 384. The number of rotatable bonds is 6. The van der Waals surface area contributed by atoms with Gasteiger partial charge in [0.25, 0.3) is 0 Å². The number of aliphatic hydroxyl groups is 1. The number of nitrogens with zero attached hydrogens (tertiary/aromatic N) is 1. The van der Waals surface area contributed by atoms with Crippen molar-refractivity contribution in [2.45, 2.75) is 51.6 Å². The van der Waals surface area contributed by atoms with Crippen LogP contribution in [0.3, 0.4) is 0 Å². The Morgan fingerprint density at radius 2 is 1.75 bits per heavy atom. The van der Waals surface area contributed by atoms with Gasteiger partial charge in [-0.05, 0) is 50.3 Å². The highest BCUT2D eigenvalue weighted by atomic mass is 16.3. The van der Waals surface area contributed by atoms with Gasteiger partial charge in [0, 0.05) is 6.54 Å². The molecule has 1 aromatic carbocycles. The highest BCUT2D eigenvalue weighted by molar-refractivity contribution is 5.22. The molecule has 2 heteroatoms. The fourth-order valence-electron chi connectivity index (χ4n) is 3.31. The molecule has 1 fully saturated rings. The summed E-state index contributed by atoms with van der Waals surface area (Å²) in [5, 5.41) is 11.2. The van der Waals surface area contributed by atoms with E-state index >= 15 is 0 Å². The van der Waals surface area contributed by atoms with Crippen LogP contribution in [-0.2, 0) is 5.60 Å². The first-order valence-corrected chi connectivity index (χ1v) is 8.10. The molecular formula is C18H29NO. The van der Waals surface area contributed by atoms with E-state index < -0.39 is 5.60 Å². The lowest BCUT2D eigenvalue weighted by Gasteiger charge is -2.34. The van der Waals surface area contributed by atoms with E-state index in [0.29, 0.717) is 5.92 Å². The molecule has 0 aromatic heterocycles. The van der Waals surface area contributed by atoms with Crippen LogP contribution in [0.1, 0.15) is 51.5 Å². The summed E-state index contributed by atoms with van der Waals surface area (Å²) in [5.74, 6) is 0.501. The first-order chi connectivity index (χ1) is 9.60. The van der Waals surface area contributed by atoms with Crippen LogP contribution >= 0.6 is 0 Å². The Morgan fingerprint density at radius 1 is 1.10 bits per heavy atom. The molecule has 20 heavy (non-hydrogen) atoms. The molecule has 1 atom stereocenters. The first-order valence-electron chi connectivity index (χ1n) is 8.10. The van der Waals surface area contributed by atoms with E-state index in [2.05, 4.69) is 30.9 Å². The van der Waals surface area contributed by atoms with Crippen molar-refractivity contribution in [2.75, 3.05) is 19.6 Å². The van der Waals surface area contributed by atoms with Crippen LogP contribution < -0.4 is 0 Å². The van der Waals surface area contributed by atoms with Crippen LogP contribution in [0.5, 0.6) is 0 Å². The van der Waals surface area contributed by atoms with Crippen molar-refractivity contribution in [3.8, 4) is 0 Å². The zero-order valence-corrected chi connectivity index (χ0v) is 13.0. The molecule has 1 aliphatic rings. The number of likely N-dealkylation sites (tertiary alicyclic amines) is 1. The van der Waals surface area contributed by atoms with Crippen molar-refractivity contribution in [2.24, 2.45) is 5.92 Å². The van der Waals surface area contributed by atoms with E-state index in [4.69, 9.17) is 0 Å². The minimum atomic E-state index is -0.674. The number of benzene rings is 1. The second kappa shape index (κ2) is 7.24. The Labute approximate surface area is 123 Å². The van der Waals surface area contributed by atoms with E-state index in [-0.39, 0.29) is 0 Å². The van der Waals surface area contributed by atoms with E-state index in [1.807, 2.05) is 18.2 Å². The molecule has 0 spiro atoms. The quantitative estimate of drug-likeness (QED) is 0.853. The zero-order valence-electron chi connectivity index (χ0n) is 13.0. The van der Waals surface area contributed by atoms with Gasteiger partial charge in [-0.1, -0.05) is 50.6 Å². The third-order valence-electron chi connectivity index (χ3n) is 4.35. The third-order valence-corrected chi connectivity index (χ3v) is 4.35. The molecule has 0 amide bonds. The van der Waals surface area contributed by atoms with Crippen molar-refractivity contribution in [3.63, 3.8) is 0 Å². The molecule has 0 aliphatic carbocycles. The van der Waals surface area contributed by atoms with Crippen LogP contribution in [0.25, 0.3) is 0 Å². The van der Waals surface area contributed by atoms with Gasteiger partial charge in [-0.3, -0.25) is 0 Å². The monoisotopic (exact) mass is 275 g/mol. The number of hydrogen-bond donors (Lipinski definition) is 1. The van der Waals surface area contributed by atoms with Gasteiger partial charge in [-0.15, -0.1) is 0 Å². The molecule has 2 rings (SSSR count). The predicted molar refractivity (Wildman–Crippen MR) is 84.7 cm³/mol. The molecule has 0 radical (unpaired) electrons. The van der Waals surface area contributed by atoms with Crippen LogP contribution in [0, 0.1) is 5.92 Å². The summed E-state index contributed by atoms with van der Waals surface area (Å²) in [6, 6.07) is 10.2. The predicted octanol–water partition coefficient (Wildman–Crippen LogP) is 3.80. The van der Waals surface area contributed by atoms with Crippen LogP contribution in [-0.4, -0.2) is 29.6 Å². The van der Waals surface area contributed by atoms with E-state index in [1.54, 1.807) is 0 Å². The number of piperidine rings is 1. The fourth-order valence-corrected chi connectivity index (χ4v) is 3.31. The Balaban J connectivity index is 2.02. The lowest BCUT2D eigenvalue weighted by molar-refractivity contribution is -0.00355. The highest BCUT2D eigenvalue weighted by Crippen LogP contribution is 2.32. The van der Waals surface area contributed by atoms with Crippen molar-refractivity contribution < 1.29 is 5.11 Å². The average molecular weight is 275 g/mol. The molecule has 2 nitrogen and oxygen atoms in total. The van der Waals surface area contributed by atoms with Gasteiger partial charge < -0.3 is 10.0 Å². The van der Waals surface area contributed by atoms with Gasteiger partial charge in [0.05, 0.1) is 5.60 Å². The molecule has 1 aromatic rings. The summed E-state index contributed by atoms with van der Waals surface area (Å²) in [4.78, 5) is 2.51. The molecule has 1 aliphatic heterocycles. The summed E-state index contributed by atoms with van der Waals surface area (Å²) in [5.41, 5.74) is 0.401. The van der Waals surface area contributed by atoms with Gasteiger partial charge in [0.15, 0.2) is 0 Å². The summed E-state index contributed by atoms with van der Waals surface area (Å²) >= 11 is 0. The Morgan fingerprint density at radius 3 is 2.35 bits per heavy atom. The van der Waals surface area contributed by atoms with Gasteiger partial charge in [0.1, 0.15) is 0 Å². The van der Waals surface area contributed by atoms with E-state index in [1.165, 1.54) is 32.4 Å². The average Bonchev–Trinajstić information content (AvgIpc) is 2.47. The molecule has 1 heterocycles. The molecule has 1 unspecified atom stereocenters. The molecule has 112 valence electrons. The first kappa shape index (κ1) is 15.5. The van der Waals surface area contributed by atoms with Crippen molar-refractivity contribution in [1.29, 1.82) is 0 Å². The fraction of sp³-hybridized carbons (Fsp3) is 0.667. The number of hydrogen-bond acceptors (Lipinski definition) is 2. The second-order valence-electron chi connectivity index (χ2n) is 6.65. The van der Waals surface area contributed by atoms with Crippen molar-refractivity contribution >= 4 is 0 Å². The topological polar surface area (TPSA) is 23.5 Å². The Kier molecular flexibility index (Phi) is 5.62. The van der Waals surface area contributed by atoms with E-state index in [9.17, 15) is 5.11 Å². The summed E-state index contributed by atoms with van der Waals surface area (Å²) in [6.07, 6.45) is 5.67. The molecule has 0 bridgehead atoms. The molecular weight excluding hydrogens is 246 g/mol. The lowest BCUT2D eigenvalue weighted by atomic mass is 9.83. The zero-order chi connectivity index (χ0) is 14.4. The van der Waals surface area contributed by atoms with Crippen LogP contribution in [0.2, 0.25) is 0 Å². The largest absolute Gasteiger partial charge is 0.385 e. The normalized spacial score (nSPS) is 20.0. The van der Waals surface area contributed by atoms with Crippen LogP contribution in [0.4, 0.5) is 0 Å². The molecule has 0 saturated carbocycles. The molecule has 1 saturated heterocycles. The second-order valence-corrected chi connectivity index (χ2v) is 6.65. The van der Waals surface area contributed by atoms with Gasteiger partial charge in [0.2, 0.25) is 0 Å². The van der Waals surface area contributed by atoms with Gasteiger partial charge >= 0.3 is 0 Å². The van der Waals surface area contributed by atoms with Crippen LogP contribution in [0.15, 0.2) is 30.3 Å². The van der Waals surface area contributed by atoms with E-state index in [0.717, 1.165) is 24.9 Å². The van der Waals surface area contributed by atoms with Gasteiger partial charge in [-0.2, -0.15) is 0 Å².